The Bertz CT molecular complexity index is 898. The topological polar surface area (TPSA) is 88.8 Å². The number of nitrogens with zero attached hydrogens (tertiary/aromatic N) is 2. The zero-order valence-electron chi connectivity index (χ0n) is 13.2. The Labute approximate surface area is 136 Å². The molecule has 0 spiro atoms. The minimum Gasteiger partial charge on any atom is -0.485 e. The van der Waals surface area contributed by atoms with Crippen LogP contribution < -0.4 is 20.7 Å². The van der Waals surface area contributed by atoms with Gasteiger partial charge in [-0.15, -0.1) is 0 Å². The van der Waals surface area contributed by atoms with Crippen LogP contribution in [-0.4, -0.2) is 27.8 Å². The quantitative estimate of drug-likeness (QED) is 0.733. The number of aromatic nitrogens is 2. The van der Waals surface area contributed by atoms with Crippen molar-refractivity contribution < 1.29 is 19.0 Å². The average molecular weight is 332 g/mol. The second kappa shape index (κ2) is 6.23. The smallest absolute Gasteiger partial charge is 0.351 e. The van der Waals surface area contributed by atoms with Crippen molar-refractivity contribution in [3.8, 4) is 11.5 Å². The number of para-hydroxylation sites is 2. The maximum absolute atomic E-state index is 12.1. The van der Waals surface area contributed by atoms with Crippen LogP contribution in [0.3, 0.4) is 0 Å². The molecule has 0 saturated heterocycles. The molecule has 8 nitrogen and oxygen atoms in total. The standard InChI is InChI=1S/C16H16N2O6/c1-17-10(7-14(19)18(2)16(17)21)8-23-15(20)13-9-22-11-5-3-4-6-12(11)24-13/h3-7,13H,8-9H2,1-2H3/t13-/m0/s1. The first kappa shape index (κ1) is 15.9. The highest BCUT2D eigenvalue weighted by atomic mass is 16.6. The first-order valence-corrected chi connectivity index (χ1v) is 7.28. The SMILES string of the molecule is Cn1c(COC(=O)[C@@H]2COc3ccccc3O2)cc(=O)n(C)c1=O. The molecule has 0 fully saturated rings. The Morgan fingerprint density at radius 2 is 1.92 bits per heavy atom. The fourth-order valence-corrected chi connectivity index (χ4v) is 2.29. The summed E-state index contributed by atoms with van der Waals surface area (Å²) in [5.74, 6) is 0.403. The number of carbonyl (C=O) groups excluding carboxylic acids is 1. The summed E-state index contributed by atoms with van der Waals surface area (Å²) in [4.78, 5) is 35.6. The first-order valence-electron chi connectivity index (χ1n) is 7.28. The van der Waals surface area contributed by atoms with Crippen LogP contribution in [0.5, 0.6) is 11.5 Å². The molecule has 0 amide bonds. The van der Waals surface area contributed by atoms with Crippen LogP contribution in [0.1, 0.15) is 5.69 Å². The molecular weight excluding hydrogens is 316 g/mol. The van der Waals surface area contributed by atoms with E-state index in [1.165, 1.54) is 24.7 Å². The van der Waals surface area contributed by atoms with Crippen LogP contribution >= 0.6 is 0 Å². The summed E-state index contributed by atoms with van der Waals surface area (Å²) in [7, 11) is 2.88. The second-order valence-electron chi connectivity index (χ2n) is 5.35. The van der Waals surface area contributed by atoms with Gasteiger partial charge in [-0.2, -0.15) is 0 Å². The van der Waals surface area contributed by atoms with Gasteiger partial charge in [0.2, 0.25) is 6.10 Å². The van der Waals surface area contributed by atoms with Gasteiger partial charge in [-0.1, -0.05) is 12.1 Å². The summed E-state index contributed by atoms with van der Waals surface area (Å²) in [5.41, 5.74) is -0.649. The normalized spacial score (nSPS) is 15.8. The van der Waals surface area contributed by atoms with E-state index < -0.39 is 23.3 Å². The van der Waals surface area contributed by atoms with Crippen LogP contribution in [-0.2, 0) is 30.2 Å². The van der Waals surface area contributed by atoms with Gasteiger partial charge in [0.1, 0.15) is 13.2 Å². The van der Waals surface area contributed by atoms with Crippen molar-refractivity contribution in [1.82, 2.24) is 9.13 Å². The van der Waals surface area contributed by atoms with E-state index in [0.717, 1.165) is 4.57 Å². The Balaban J connectivity index is 1.69. The number of rotatable bonds is 3. The number of benzene rings is 1. The maximum Gasteiger partial charge on any atom is 0.351 e. The van der Waals surface area contributed by atoms with E-state index in [0.29, 0.717) is 17.2 Å². The number of hydrogen-bond donors (Lipinski definition) is 0. The number of esters is 1. The van der Waals surface area contributed by atoms with E-state index >= 15 is 0 Å². The zero-order chi connectivity index (χ0) is 17.3. The van der Waals surface area contributed by atoms with E-state index in [1.807, 2.05) is 0 Å². The second-order valence-corrected chi connectivity index (χ2v) is 5.35. The predicted octanol–water partition coefficient (Wildman–Crippen LogP) is -0.0328. The summed E-state index contributed by atoms with van der Waals surface area (Å²) < 4.78 is 18.4. The summed E-state index contributed by atoms with van der Waals surface area (Å²) in [6, 6.07) is 8.26. The summed E-state index contributed by atoms with van der Waals surface area (Å²) in [5, 5.41) is 0. The Morgan fingerprint density at radius 1 is 1.21 bits per heavy atom. The molecule has 0 bridgehead atoms. The molecule has 0 saturated carbocycles. The lowest BCUT2D eigenvalue weighted by molar-refractivity contribution is -0.156. The third-order valence-electron chi connectivity index (χ3n) is 3.76. The van der Waals surface area contributed by atoms with Crippen LogP contribution in [0.2, 0.25) is 0 Å². The highest BCUT2D eigenvalue weighted by Crippen LogP contribution is 2.31. The van der Waals surface area contributed by atoms with Crippen molar-refractivity contribution in [3.63, 3.8) is 0 Å². The molecule has 8 heteroatoms. The number of carbonyl (C=O) groups is 1. The largest absolute Gasteiger partial charge is 0.485 e. The zero-order valence-corrected chi connectivity index (χ0v) is 13.2. The maximum atomic E-state index is 12.1. The highest BCUT2D eigenvalue weighted by Gasteiger charge is 2.28. The molecule has 1 aliphatic heterocycles. The molecule has 0 unspecified atom stereocenters. The van der Waals surface area contributed by atoms with Crippen LogP contribution in [0.25, 0.3) is 0 Å². The summed E-state index contributed by atoms with van der Waals surface area (Å²) in [6.07, 6.45) is -0.900. The summed E-state index contributed by atoms with van der Waals surface area (Å²) in [6.45, 7) is -0.173. The molecular formula is C16H16N2O6. The number of hydrogen-bond acceptors (Lipinski definition) is 6. The van der Waals surface area contributed by atoms with Gasteiger partial charge in [-0.25, -0.2) is 9.59 Å². The molecule has 1 aromatic heterocycles. The minimum atomic E-state index is -0.900. The Morgan fingerprint density at radius 3 is 2.67 bits per heavy atom. The average Bonchev–Trinajstić information content (AvgIpc) is 2.61. The molecule has 24 heavy (non-hydrogen) atoms. The molecule has 3 rings (SSSR count). The van der Waals surface area contributed by atoms with E-state index in [2.05, 4.69) is 0 Å². The summed E-state index contributed by atoms with van der Waals surface area (Å²) >= 11 is 0. The molecule has 1 aliphatic rings. The van der Waals surface area contributed by atoms with Crippen LogP contribution in [0.4, 0.5) is 0 Å². The van der Waals surface area contributed by atoms with Gasteiger partial charge in [-0.3, -0.25) is 13.9 Å². The molecule has 0 N–H and O–H groups in total. The lowest BCUT2D eigenvalue weighted by Crippen LogP contribution is -2.40. The van der Waals surface area contributed by atoms with Gasteiger partial charge >= 0.3 is 11.7 Å². The first-order chi connectivity index (χ1) is 11.5. The Kier molecular flexibility index (Phi) is 4.11. The van der Waals surface area contributed by atoms with Gasteiger partial charge in [0.15, 0.2) is 11.5 Å². The minimum absolute atomic E-state index is 0.0331. The van der Waals surface area contributed by atoms with Gasteiger partial charge < -0.3 is 14.2 Å². The molecule has 0 aliphatic carbocycles. The van der Waals surface area contributed by atoms with Crippen molar-refractivity contribution >= 4 is 5.97 Å². The number of ether oxygens (including phenoxy) is 3. The van der Waals surface area contributed by atoms with E-state index in [4.69, 9.17) is 14.2 Å². The van der Waals surface area contributed by atoms with Crippen molar-refractivity contribution in [2.45, 2.75) is 12.7 Å². The van der Waals surface area contributed by atoms with Crippen molar-refractivity contribution in [1.29, 1.82) is 0 Å². The van der Waals surface area contributed by atoms with Gasteiger partial charge in [0.25, 0.3) is 5.56 Å². The molecule has 0 radical (unpaired) electrons. The fourth-order valence-electron chi connectivity index (χ4n) is 2.29. The molecule has 2 aromatic rings. The molecule has 2 heterocycles. The van der Waals surface area contributed by atoms with Crippen LogP contribution in [0.15, 0.2) is 39.9 Å². The lowest BCUT2D eigenvalue weighted by Gasteiger charge is -2.25. The van der Waals surface area contributed by atoms with E-state index in [1.54, 1.807) is 24.3 Å². The van der Waals surface area contributed by atoms with E-state index in [9.17, 15) is 14.4 Å². The predicted molar refractivity (Wildman–Crippen MR) is 83.1 cm³/mol. The lowest BCUT2D eigenvalue weighted by atomic mass is 10.2. The molecule has 1 atom stereocenters. The Hall–Kier alpha value is -3.03. The molecule has 1 aromatic carbocycles. The van der Waals surface area contributed by atoms with E-state index in [-0.39, 0.29) is 13.2 Å². The third kappa shape index (κ3) is 2.90. The highest BCUT2D eigenvalue weighted by molar-refractivity contribution is 5.76. The molecule has 126 valence electrons. The van der Waals surface area contributed by atoms with Gasteiger partial charge in [-0.05, 0) is 12.1 Å². The third-order valence-corrected chi connectivity index (χ3v) is 3.76. The monoisotopic (exact) mass is 332 g/mol. The number of fused-ring (bicyclic) bond motifs is 1. The van der Waals surface area contributed by atoms with Gasteiger partial charge in [0.05, 0.1) is 5.69 Å². The van der Waals surface area contributed by atoms with Crippen molar-refractivity contribution in [2.75, 3.05) is 6.61 Å². The van der Waals surface area contributed by atoms with Crippen LogP contribution in [0, 0.1) is 0 Å². The van der Waals surface area contributed by atoms with Gasteiger partial charge in [0, 0.05) is 20.2 Å². The fraction of sp³-hybridized carbons (Fsp3) is 0.312. The van der Waals surface area contributed by atoms with Crippen molar-refractivity contribution in [3.05, 3.63) is 56.9 Å². The van der Waals surface area contributed by atoms with Crippen molar-refractivity contribution in [2.24, 2.45) is 14.1 Å².